The molecule has 0 aliphatic carbocycles. The van der Waals surface area contributed by atoms with E-state index in [4.69, 9.17) is 5.26 Å². The molecular formula is C13H8F2N2O2S. The van der Waals surface area contributed by atoms with E-state index in [9.17, 15) is 17.2 Å². The molecule has 7 heteroatoms. The lowest BCUT2D eigenvalue weighted by atomic mass is 10.2. The van der Waals surface area contributed by atoms with Gasteiger partial charge in [-0.15, -0.1) is 0 Å². The molecule has 0 aromatic heterocycles. The van der Waals surface area contributed by atoms with Crippen LogP contribution in [-0.2, 0) is 10.0 Å². The van der Waals surface area contributed by atoms with E-state index in [1.165, 1.54) is 24.3 Å². The molecule has 0 heterocycles. The minimum atomic E-state index is -4.38. The van der Waals surface area contributed by atoms with E-state index in [1.54, 1.807) is 0 Å². The van der Waals surface area contributed by atoms with E-state index >= 15 is 0 Å². The lowest BCUT2D eigenvalue weighted by molar-refractivity contribution is 0.521. The second kappa shape index (κ2) is 5.27. The average molecular weight is 294 g/mol. The molecule has 0 radical (unpaired) electrons. The predicted octanol–water partition coefficient (Wildman–Crippen LogP) is 2.64. The van der Waals surface area contributed by atoms with Crippen LogP contribution in [0.25, 0.3) is 0 Å². The maximum absolute atomic E-state index is 13.5. The van der Waals surface area contributed by atoms with E-state index in [-0.39, 0.29) is 5.69 Å². The van der Waals surface area contributed by atoms with Crippen LogP contribution in [0.1, 0.15) is 5.56 Å². The molecule has 0 unspecified atom stereocenters. The van der Waals surface area contributed by atoms with Crippen molar-refractivity contribution < 1.29 is 17.2 Å². The summed E-state index contributed by atoms with van der Waals surface area (Å²) in [6.07, 6.45) is 0. The van der Waals surface area contributed by atoms with Crippen LogP contribution in [0.3, 0.4) is 0 Å². The SMILES string of the molecule is N#Cc1ccc(NS(=O)(=O)c2c(F)cccc2F)cc1. The number of benzene rings is 2. The van der Waals surface area contributed by atoms with Gasteiger partial charge < -0.3 is 0 Å². The highest BCUT2D eigenvalue weighted by atomic mass is 32.2. The molecule has 20 heavy (non-hydrogen) atoms. The Kier molecular flexibility index (Phi) is 3.68. The van der Waals surface area contributed by atoms with Crippen LogP contribution < -0.4 is 4.72 Å². The lowest BCUT2D eigenvalue weighted by Gasteiger charge is -2.09. The number of hydrogen-bond acceptors (Lipinski definition) is 3. The summed E-state index contributed by atoms with van der Waals surface area (Å²) >= 11 is 0. The van der Waals surface area contributed by atoms with Gasteiger partial charge in [-0.25, -0.2) is 17.2 Å². The number of anilines is 1. The van der Waals surface area contributed by atoms with Gasteiger partial charge in [-0.05, 0) is 36.4 Å². The first-order valence-electron chi connectivity index (χ1n) is 5.41. The highest BCUT2D eigenvalue weighted by molar-refractivity contribution is 7.92. The smallest absolute Gasteiger partial charge is 0.267 e. The Bertz CT molecular complexity index is 761. The molecule has 0 spiro atoms. The van der Waals surface area contributed by atoms with Crippen molar-refractivity contribution in [2.45, 2.75) is 4.90 Å². The molecule has 1 N–H and O–H groups in total. The molecule has 4 nitrogen and oxygen atoms in total. The molecule has 2 aromatic carbocycles. The third-order valence-corrected chi connectivity index (χ3v) is 3.89. The third-order valence-electron chi connectivity index (χ3n) is 2.45. The third kappa shape index (κ3) is 2.75. The first-order chi connectivity index (χ1) is 9.44. The Morgan fingerprint density at radius 1 is 1.00 bits per heavy atom. The molecule has 0 aliphatic rings. The topological polar surface area (TPSA) is 70.0 Å². The fraction of sp³-hybridized carbons (Fsp3) is 0. The average Bonchev–Trinajstić information content (AvgIpc) is 2.38. The van der Waals surface area contributed by atoms with E-state index in [1.807, 2.05) is 6.07 Å². The summed E-state index contributed by atoms with van der Waals surface area (Å²) in [4.78, 5) is -1.04. The van der Waals surface area contributed by atoms with Crippen molar-refractivity contribution in [2.75, 3.05) is 4.72 Å². The van der Waals surface area contributed by atoms with Crippen LogP contribution in [0.5, 0.6) is 0 Å². The zero-order valence-corrected chi connectivity index (χ0v) is 10.8. The van der Waals surface area contributed by atoms with Gasteiger partial charge in [0.2, 0.25) is 0 Å². The van der Waals surface area contributed by atoms with Crippen LogP contribution in [0.4, 0.5) is 14.5 Å². The molecule has 0 saturated carbocycles. The number of halogens is 2. The number of sulfonamides is 1. The van der Waals surface area contributed by atoms with E-state index in [0.717, 1.165) is 18.2 Å². The monoisotopic (exact) mass is 294 g/mol. The van der Waals surface area contributed by atoms with Crippen molar-refractivity contribution in [3.8, 4) is 6.07 Å². The summed E-state index contributed by atoms with van der Waals surface area (Å²) in [5.74, 6) is -2.35. The summed E-state index contributed by atoms with van der Waals surface area (Å²) in [5, 5.41) is 8.62. The maximum atomic E-state index is 13.5. The van der Waals surface area contributed by atoms with Gasteiger partial charge in [-0.2, -0.15) is 5.26 Å². The van der Waals surface area contributed by atoms with Gasteiger partial charge in [0, 0.05) is 5.69 Å². The molecule has 0 atom stereocenters. The number of hydrogen-bond donors (Lipinski definition) is 1. The minimum absolute atomic E-state index is 0.103. The maximum Gasteiger partial charge on any atom is 0.267 e. The van der Waals surface area contributed by atoms with Gasteiger partial charge in [0.15, 0.2) is 4.90 Å². The second-order valence-electron chi connectivity index (χ2n) is 3.85. The van der Waals surface area contributed by atoms with Crippen molar-refractivity contribution in [3.05, 3.63) is 59.7 Å². The molecule has 2 aromatic rings. The highest BCUT2D eigenvalue weighted by Gasteiger charge is 2.23. The molecule has 0 fully saturated rings. The van der Waals surface area contributed by atoms with Crippen molar-refractivity contribution in [1.82, 2.24) is 0 Å². The van der Waals surface area contributed by atoms with E-state index < -0.39 is 26.6 Å². The Balaban J connectivity index is 2.39. The van der Waals surface area contributed by atoms with Gasteiger partial charge in [0.25, 0.3) is 10.0 Å². The molecule has 0 bridgehead atoms. The Hall–Kier alpha value is -2.46. The minimum Gasteiger partial charge on any atom is -0.279 e. The zero-order chi connectivity index (χ0) is 14.8. The van der Waals surface area contributed by atoms with Gasteiger partial charge in [-0.1, -0.05) is 6.07 Å². The van der Waals surface area contributed by atoms with Crippen molar-refractivity contribution >= 4 is 15.7 Å². The van der Waals surface area contributed by atoms with Crippen LogP contribution in [0.15, 0.2) is 47.4 Å². The predicted molar refractivity (Wildman–Crippen MR) is 68.3 cm³/mol. The van der Waals surface area contributed by atoms with Gasteiger partial charge in [0.1, 0.15) is 11.6 Å². The lowest BCUT2D eigenvalue weighted by Crippen LogP contribution is -2.16. The molecule has 102 valence electrons. The summed E-state index contributed by atoms with van der Waals surface area (Å²) < 4.78 is 52.9. The molecule has 2 rings (SSSR count). The molecule has 0 saturated heterocycles. The number of nitrogens with one attached hydrogen (secondary N) is 1. The van der Waals surface area contributed by atoms with Gasteiger partial charge in [0.05, 0.1) is 11.6 Å². The van der Waals surface area contributed by atoms with Crippen molar-refractivity contribution in [3.63, 3.8) is 0 Å². The number of nitriles is 1. The van der Waals surface area contributed by atoms with Gasteiger partial charge >= 0.3 is 0 Å². The van der Waals surface area contributed by atoms with Crippen LogP contribution in [0.2, 0.25) is 0 Å². The molecule has 0 amide bonds. The fourth-order valence-corrected chi connectivity index (χ4v) is 2.76. The summed E-state index contributed by atoms with van der Waals surface area (Å²) in [6, 6.07) is 10.1. The first kappa shape index (κ1) is 14.0. The van der Waals surface area contributed by atoms with E-state index in [2.05, 4.69) is 4.72 Å². The molecular weight excluding hydrogens is 286 g/mol. The van der Waals surface area contributed by atoms with Crippen LogP contribution in [0, 0.1) is 23.0 Å². The van der Waals surface area contributed by atoms with Gasteiger partial charge in [-0.3, -0.25) is 4.72 Å². The largest absolute Gasteiger partial charge is 0.279 e. The standard InChI is InChI=1S/C13H8F2N2O2S/c14-11-2-1-3-12(15)13(11)20(18,19)17-10-6-4-9(8-16)5-7-10/h1-7,17H. The summed E-state index contributed by atoms with van der Waals surface area (Å²) in [5.41, 5.74) is 0.441. The van der Waals surface area contributed by atoms with Crippen molar-refractivity contribution in [2.24, 2.45) is 0 Å². The van der Waals surface area contributed by atoms with Crippen LogP contribution >= 0.6 is 0 Å². The summed E-state index contributed by atoms with van der Waals surface area (Å²) in [7, 11) is -4.38. The first-order valence-corrected chi connectivity index (χ1v) is 6.89. The normalized spacial score (nSPS) is 10.8. The zero-order valence-electron chi connectivity index (χ0n) is 9.97. The summed E-state index contributed by atoms with van der Waals surface area (Å²) in [6.45, 7) is 0. The second-order valence-corrected chi connectivity index (χ2v) is 5.46. The van der Waals surface area contributed by atoms with Crippen LogP contribution in [-0.4, -0.2) is 8.42 Å². The quantitative estimate of drug-likeness (QED) is 0.946. The van der Waals surface area contributed by atoms with E-state index in [0.29, 0.717) is 5.56 Å². The number of nitrogens with zero attached hydrogens (tertiary/aromatic N) is 1. The Morgan fingerprint density at radius 2 is 1.55 bits per heavy atom. The molecule has 0 aliphatic heterocycles. The Labute approximate surface area is 114 Å². The highest BCUT2D eigenvalue weighted by Crippen LogP contribution is 2.21. The number of rotatable bonds is 3. The fourth-order valence-electron chi connectivity index (χ4n) is 1.56. The van der Waals surface area contributed by atoms with Crippen molar-refractivity contribution in [1.29, 1.82) is 5.26 Å². The Morgan fingerprint density at radius 3 is 2.05 bits per heavy atom.